The second-order valence-electron chi connectivity index (χ2n) is 9.84. The van der Waals surface area contributed by atoms with Crippen LogP contribution in [-0.4, -0.2) is 38.9 Å². The number of nitrogens with zero attached hydrogens (tertiary/aromatic N) is 2. The van der Waals surface area contributed by atoms with E-state index in [0.29, 0.717) is 23.2 Å². The second kappa shape index (κ2) is 15.3. The summed E-state index contributed by atoms with van der Waals surface area (Å²) in [7, 11) is 0. The molecule has 5 rings (SSSR count). The standard InChI is InChI=1S/C33H31N5O3.2BrH/c34-31(35)24-11-13-25(14-12-24)32-37-28-21-26(33(41)36-19-17-30(39)40)15-16-29(28)38(32)20-18-27(22-7-3-1-4-8-22)23-9-5-2-6-10-23;;/h1-16,21,27H,17-20H2,(H3,34,35)(H,36,41)(H,39,40);2*1H. The predicted octanol–water partition coefficient (Wildman–Crippen LogP) is 6.57. The molecule has 0 atom stereocenters. The number of amides is 1. The second-order valence-corrected chi connectivity index (χ2v) is 9.84. The SMILES string of the molecule is Br.Br.N=C(N)c1ccc(-c2nc3cc(C(=O)NCCC(=O)O)ccc3n2CCC(c2ccccc2)c2ccccc2)cc1. The van der Waals surface area contributed by atoms with Gasteiger partial charge >= 0.3 is 5.97 Å². The number of hydrogen-bond donors (Lipinski definition) is 4. The molecule has 5 aromatic rings. The van der Waals surface area contributed by atoms with Crippen molar-refractivity contribution in [3.8, 4) is 11.4 Å². The number of amidine groups is 1. The molecule has 222 valence electrons. The van der Waals surface area contributed by atoms with E-state index in [2.05, 4.69) is 58.4 Å². The number of nitrogens with two attached hydrogens (primary N) is 1. The number of carbonyl (C=O) groups is 2. The maximum atomic E-state index is 12.7. The summed E-state index contributed by atoms with van der Waals surface area (Å²) >= 11 is 0. The van der Waals surface area contributed by atoms with Crippen molar-refractivity contribution in [1.29, 1.82) is 5.41 Å². The van der Waals surface area contributed by atoms with Crippen molar-refractivity contribution in [2.75, 3.05) is 6.54 Å². The fourth-order valence-electron chi connectivity index (χ4n) is 5.06. The minimum absolute atomic E-state index is 0. The van der Waals surface area contributed by atoms with E-state index >= 15 is 0 Å². The maximum absolute atomic E-state index is 12.7. The molecule has 0 bridgehead atoms. The fourth-order valence-corrected chi connectivity index (χ4v) is 5.06. The Morgan fingerprint density at radius 1 is 0.860 bits per heavy atom. The molecule has 5 N–H and O–H groups in total. The molecule has 0 aliphatic heterocycles. The summed E-state index contributed by atoms with van der Waals surface area (Å²) in [5.74, 6) is -0.398. The number of halogens is 2. The zero-order valence-corrected chi connectivity index (χ0v) is 26.7. The van der Waals surface area contributed by atoms with Crippen LogP contribution in [0.2, 0.25) is 0 Å². The predicted molar refractivity (Wildman–Crippen MR) is 181 cm³/mol. The zero-order chi connectivity index (χ0) is 28.8. The van der Waals surface area contributed by atoms with Crippen molar-refractivity contribution < 1.29 is 14.7 Å². The van der Waals surface area contributed by atoms with E-state index in [-0.39, 0.29) is 64.6 Å². The average Bonchev–Trinajstić information content (AvgIpc) is 3.36. The minimum atomic E-state index is -0.968. The first kappa shape index (κ1) is 33.2. The number of rotatable bonds is 11. The molecule has 0 aliphatic rings. The molecular weight excluding hydrogens is 674 g/mol. The number of carboxylic acids is 1. The number of carboxylic acid groups (broad SMARTS) is 1. The van der Waals surface area contributed by atoms with Gasteiger partial charge in [-0.1, -0.05) is 84.9 Å². The van der Waals surface area contributed by atoms with Crippen LogP contribution in [0.1, 0.15) is 45.8 Å². The molecule has 0 saturated carbocycles. The Morgan fingerprint density at radius 2 is 1.44 bits per heavy atom. The molecule has 8 nitrogen and oxygen atoms in total. The zero-order valence-electron chi connectivity index (χ0n) is 23.3. The van der Waals surface area contributed by atoms with Gasteiger partial charge in [0.1, 0.15) is 11.7 Å². The van der Waals surface area contributed by atoms with E-state index < -0.39 is 5.97 Å². The third-order valence-electron chi connectivity index (χ3n) is 7.13. The van der Waals surface area contributed by atoms with Crippen LogP contribution in [0.15, 0.2) is 103 Å². The number of aromatic nitrogens is 2. The van der Waals surface area contributed by atoms with Gasteiger partial charge in [0, 0.05) is 35.7 Å². The molecule has 4 aromatic carbocycles. The number of fused-ring (bicyclic) bond motifs is 1. The van der Waals surface area contributed by atoms with Gasteiger partial charge in [-0.2, -0.15) is 0 Å². The molecule has 0 radical (unpaired) electrons. The van der Waals surface area contributed by atoms with E-state index in [1.807, 2.05) is 30.3 Å². The Labute approximate surface area is 271 Å². The summed E-state index contributed by atoms with van der Waals surface area (Å²) in [4.78, 5) is 28.5. The molecule has 0 saturated heterocycles. The first-order valence-electron chi connectivity index (χ1n) is 13.5. The highest BCUT2D eigenvalue weighted by Crippen LogP contribution is 2.32. The van der Waals surface area contributed by atoms with Crippen LogP contribution in [0.3, 0.4) is 0 Å². The molecule has 1 amide bonds. The van der Waals surface area contributed by atoms with Crippen LogP contribution in [0.25, 0.3) is 22.4 Å². The molecule has 0 fully saturated rings. The summed E-state index contributed by atoms with van der Waals surface area (Å²) in [5.41, 5.74) is 11.6. The molecule has 10 heteroatoms. The van der Waals surface area contributed by atoms with Crippen molar-refractivity contribution >= 4 is 62.7 Å². The lowest BCUT2D eigenvalue weighted by Crippen LogP contribution is -2.25. The van der Waals surface area contributed by atoms with Crippen LogP contribution >= 0.6 is 34.0 Å². The third kappa shape index (κ3) is 7.97. The number of aliphatic carboxylic acids is 1. The van der Waals surface area contributed by atoms with Crippen molar-refractivity contribution in [2.24, 2.45) is 5.73 Å². The highest BCUT2D eigenvalue weighted by molar-refractivity contribution is 8.93. The van der Waals surface area contributed by atoms with Gasteiger partial charge in [0.2, 0.25) is 0 Å². The average molecular weight is 707 g/mol. The highest BCUT2D eigenvalue weighted by Gasteiger charge is 2.19. The van der Waals surface area contributed by atoms with Gasteiger partial charge in [0.25, 0.3) is 5.91 Å². The van der Waals surface area contributed by atoms with Crippen LogP contribution in [0.4, 0.5) is 0 Å². The molecule has 0 aliphatic carbocycles. The van der Waals surface area contributed by atoms with Gasteiger partial charge < -0.3 is 20.7 Å². The number of nitrogen functional groups attached to an aromatic ring is 1. The first-order valence-corrected chi connectivity index (χ1v) is 13.5. The van der Waals surface area contributed by atoms with Gasteiger partial charge in [-0.3, -0.25) is 15.0 Å². The molecular formula is C33H33Br2N5O3. The molecule has 43 heavy (non-hydrogen) atoms. The van der Waals surface area contributed by atoms with E-state index in [4.69, 9.17) is 21.2 Å². The number of benzene rings is 4. The lowest BCUT2D eigenvalue weighted by atomic mass is 9.88. The van der Waals surface area contributed by atoms with Crippen molar-refractivity contribution in [1.82, 2.24) is 14.9 Å². The van der Waals surface area contributed by atoms with Crippen LogP contribution in [0.5, 0.6) is 0 Å². The molecule has 1 heterocycles. The van der Waals surface area contributed by atoms with Gasteiger partial charge in [-0.15, -0.1) is 34.0 Å². The number of aryl methyl sites for hydroxylation is 1. The lowest BCUT2D eigenvalue weighted by molar-refractivity contribution is -0.136. The van der Waals surface area contributed by atoms with Crippen LogP contribution in [0, 0.1) is 5.41 Å². The Morgan fingerprint density at radius 3 is 2.00 bits per heavy atom. The Kier molecular flexibility index (Phi) is 11.8. The topological polar surface area (TPSA) is 134 Å². The smallest absolute Gasteiger partial charge is 0.305 e. The summed E-state index contributed by atoms with van der Waals surface area (Å²) in [6.07, 6.45) is 0.669. The van der Waals surface area contributed by atoms with E-state index in [1.54, 1.807) is 24.3 Å². The molecule has 0 unspecified atom stereocenters. The van der Waals surface area contributed by atoms with Crippen LogP contribution < -0.4 is 11.1 Å². The minimum Gasteiger partial charge on any atom is -0.481 e. The number of hydrogen-bond acceptors (Lipinski definition) is 4. The van der Waals surface area contributed by atoms with Gasteiger partial charge in [-0.25, -0.2) is 4.98 Å². The lowest BCUT2D eigenvalue weighted by Gasteiger charge is -2.20. The van der Waals surface area contributed by atoms with Crippen molar-refractivity contribution in [2.45, 2.75) is 25.3 Å². The van der Waals surface area contributed by atoms with Gasteiger partial charge in [0.15, 0.2) is 0 Å². The van der Waals surface area contributed by atoms with E-state index in [9.17, 15) is 9.59 Å². The summed E-state index contributed by atoms with van der Waals surface area (Å²) < 4.78 is 2.17. The Bertz CT molecular complexity index is 1650. The quantitative estimate of drug-likeness (QED) is 0.0911. The normalized spacial score (nSPS) is 10.5. The Hall–Kier alpha value is -4.28. The monoisotopic (exact) mass is 705 g/mol. The van der Waals surface area contributed by atoms with E-state index in [1.165, 1.54) is 11.1 Å². The summed E-state index contributed by atoms with van der Waals surface area (Å²) in [6, 6.07) is 33.7. The van der Waals surface area contributed by atoms with Gasteiger partial charge in [-0.05, 0) is 35.7 Å². The number of carbonyl (C=O) groups excluding carboxylic acids is 1. The first-order chi connectivity index (χ1) is 19.9. The Balaban J connectivity index is 0.00000253. The van der Waals surface area contributed by atoms with Crippen molar-refractivity contribution in [3.05, 3.63) is 125 Å². The van der Waals surface area contributed by atoms with Crippen molar-refractivity contribution in [3.63, 3.8) is 0 Å². The fraction of sp³-hybridized carbons (Fsp3) is 0.152. The van der Waals surface area contributed by atoms with E-state index in [0.717, 1.165) is 23.3 Å². The maximum Gasteiger partial charge on any atom is 0.305 e. The third-order valence-corrected chi connectivity index (χ3v) is 7.13. The summed E-state index contributed by atoms with van der Waals surface area (Å²) in [6.45, 7) is 0.716. The molecule has 1 aromatic heterocycles. The highest BCUT2D eigenvalue weighted by atomic mass is 79.9. The number of imidazole rings is 1. The molecule has 0 spiro atoms. The van der Waals surface area contributed by atoms with Gasteiger partial charge in [0.05, 0.1) is 17.5 Å². The largest absolute Gasteiger partial charge is 0.481 e. The number of nitrogens with one attached hydrogen (secondary N) is 2. The summed E-state index contributed by atoms with van der Waals surface area (Å²) in [5, 5.41) is 19.3. The van der Waals surface area contributed by atoms with Crippen LogP contribution in [-0.2, 0) is 11.3 Å².